The number of aliphatic hydroxyl groups excluding tert-OH is 1. The molecule has 66 valence electrons. The van der Waals surface area contributed by atoms with E-state index in [0.29, 0.717) is 6.42 Å². The Balaban J connectivity index is 3.61. The molecule has 0 rings (SSSR count). The van der Waals surface area contributed by atoms with Crippen molar-refractivity contribution >= 4 is 5.78 Å². The second kappa shape index (κ2) is 5.23. The zero-order valence-corrected chi connectivity index (χ0v) is 6.87. The molecule has 0 bridgehead atoms. The van der Waals surface area contributed by atoms with Crippen LogP contribution in [0.3, 0.4) is 0 Å². The first-order valence-electron chi connectivity index (χ1n) is 3.61. The van der Waals surface area contributed by atoms with E-state index in [4.69, 9.17) is 10.2 Å². The average molecular weight is 161 g/mol. The summed E-state index contributed by atoms with van der Waals surface area (Å²) in [5.74, 6) is 0.0214. The van der Waals surface area contributed by atoms with Crippen LogP contribution in [0.4, 0.5) is 0 Å². The summed E-state index contributed by atoms with van der Waals surface area (Å²) < 4.78 is 0. The fraction of sp³-hybridized carbons (Fsp3) is 0.857. The van der Waals surface area contributed by atoms with Gasteiger partial charge in [-0.1, -0.05) is 0 Å². The molecule has 0 saturated heterocycles. The minimum Gasteiger partial charge on any atom is -0.368 e. The average Bonchev–Trinajstić information content (AvgIpc) is 1.87. The molecule has 0 aromatic heterocycles. The highest BCUT2D eigenvalue weighted by Gasteiger charge is 2.12. The van der Waals surface area contributed by atoms with Gasteiger partial charge in [0.2, 0.25) is 0 Å². The summed E-state index contributed by atoms with van der Waals surface area (Å²) in [5, 5.41) is 19.8. The van der Waals surface area contributed by atoms with Gasteiger partial charge in [0, 0.05) is 0 Å². The lowest BCUT2D eigenvalue weighted by Gasteiger charge is -2.12. The highest BCUT2D eigenvalue weighted by Crippen LogP contribution is 2.00. The van der Waals surface area contributed by atoms with Gasteiger partial charge in [0.25, 0.3) is 0 Å². The molecule has 0 radical (unpaired) electrons. The van der Waals surface area contributed by atoms with Crippen molar-refractivity contribution in [2.24, 2.45) is 0 Å². The van der Waals surface area contributed by atoms with Crippen LogP contribution in [0.2, 0.25) is 0 Å². The topological polar surface area (TPSA) is 69.6 Å². The molecule has 0 aliphatic heterocycles. The van der Waals surface area contributed by atoms with Gasteiger partial charge in [0.15, 0.2) is 6.29 Å². The molecule has 11 heavy (non-hydrogen) atoms. The molecule has 3 N–H and O–H groups in total. The van der Waals surface area contributed by atoms with E-state index in [0.717, 1.165) is 0 Å². The first kappa shape index (κ1) is 10.6. The Morgan fingerprint density at radius 2 is 2.00 bits per heavy atom. The third-order valence-electron chi connectivity index (χ3n) is 1.55. The largest absolute Gasteiger partial charge is 0.368 e. The number of Topliss-reactive ketones (excluding diaryl/α,β-unsaturated/α-hetero) is 1. The Bertz CT molecular complexity index is 125. The van der Waals surface area contributed by atoms with Crippen LogP contribution in [-0.4, -0.2) is 35.4 Å². The molecule has 0 aromatic carbocycles. The number of hydrogen-bond donors (Lipinski definition) is 3. The van der Waals surface area contributed by atoms with Crippen molar-refractivity contribution in [3.05, 3.63) is 0 Å². The number of likely N-dealkylation sites (N-methyl/N-ethyl adjacent to an activating group) is 1. The number of hydrogen-bond acceptors (Lipinski definition) is 4. The molecular formula is C7H15NO3. The molecule has 0 unspecified atom stereocenters. The lowest BCUT2D eigenvalue weighted by Crippen LogP contribution is -2.33. The summed E-state index contributed by atoms with van der Waals surface area (Å²) in [6.07, 6.45) is -0.626. The van der Waals surface area contributed by atoms with E-state index in [-0.39, 0.29) is 18.2 Å². The van der Waals surface area contributed by atoms with Crippen LogP contribution in [0.25, 0.3) is 0 Å². The Morgan fingerprint density at radius 1 is 1.45 bits per heavy atom. The van der Waals surface area contributed by atoms with Gasteiger partial charge in [0.1, 0.15) is 5.78 Å². The van der Waals surface area contributed by atoms with Crippen LogP contribution in [0.1, 0.15) is 19.8 Å². The van der Waals surface area contributed by atoms with Crippen LogP contribution in [-0.2, 0) is 4.79 Å². The molecule has 0 aromatic rings. The van der Waals surface area contributed by atoms with Crippen molar-refractivity contribution in [3.63, 3.8) is 0 Å². The van der Waals surface area contributed by atoms with Crippen LogP contribution < -0.4 is 5.32 Å². The van der Waals surface area contributed by atoms with E-state index in [2.05, 4.69) is 5.32 Å². The third kappa shape index (κ3) is 4.89. The maximum Gasteiger partial charge on any atom is 0.151 e. The molecule has 0 spiro atoms. The Kier molecular flexibility index (Phi) is 5.02. The molecule has 0 aliphatic carbocycles. The van der Waals surface area contributed by atoms with Crippen LogP contribution in [0.5, 0.6) is 0 Å². The lowest BCUT2D eigenvalue weighted by atomic mass is 10.1. The maximum absolute atomic E-state index is 10.8. The van der Waals surface area contributed by atoms with Crippen molar-refractivity contribution in [2.45, 2.75) is 32.1 Å². The van der Waals surface area contributed by atoms with Gasteiger partial charge >= 0.3 is 0 Å². The van der Waals surface area contributed by atoms with Crippen LogP contribution in [0.15, 0.2) is 0 Å². The Labute approximate surface area is 66.2 Å². The number of carbonyl (C=O) groups excluding carboxylic acids is 1. The summed E-state index contributed by atoms with van der Waals surface area (Å²) in [4.78, 5) is 10.8. The fourth-order valence-corrected chi connectivity index (χ4v) is 0.867. The number of carbonyl (C=O) groups is 1. The minimum atomic E-state index is -1.31. The first-order valence-corrected chi connectivity index (χ1v) is 3.61. The predicted molar refractivity (Wildman–Crippen MR) is 41.0 cm³/mol. The number of ketones is 1. The van der Waals surface area contributed by atoms with E-state index in [1.807, 2.05) is 0 Å². The second-order valence-corrected chi connectivity index (χ2v) is 2.51. The van der Waals surface area contributed by atoms with E-state index >= 15 is 0 Å². The van der Waals surface area contributed by atoms with E-state index in [9.17, 15) is 4.79 Å². The lowest BCUT2D eigenvalue weighted by molar-refractivity contribution is -0.119. The van der Waals surface area contributed by atoms with Crippen molar-refractivity contribution < 1.29 is 15.0 Å². The Morgan fingerprint density at radius 3 is 2.27 bits per heavy atom. The van der Waals surface area contributed by atoms with Crippen molar-refractivity contribution in [2.75, 3.05) is 7.05 Å². The molecule has 0 fully saturated rings. The van der Waals surface area contributed by atoms with Crippen molar-refractivity contribution in [3.8, 4) is 0 Å². The summed E-state index contributed by atoms with van der Waals surface area (Å²) in [7, 11) is 1.68. The maximum atomic E-state index is 10.8. The van der Waals surface area contributed by atoms with Gasteiger partial charge in [-0.3, -0.25) is 4.79 Å². The predicted octanol–water partition coefficient (Wildman–Crippen LogP) is -0.746. The van der Waals surface area contributed by atoms with Crippen molar-refractivity contribution in [1.29, 1.82) is 0 Å². The molecular weight excluding hydrogens is 146 g/mol. The SMILES string of the molecule is CN[C@@H](CCC(O)O)C(C)=O. The number of nitrogens with one attached hydrogen (secondary N) is 1. The summed E-state index contributed by atoms with van der Waals surface area (Å²) in [6, 6.07) is -0.253. The third-order valence-corrected chi connectivity index (χ3v) is 1.55. The molecule has 4 heteroatoms. The molecule has 0 aliphatic rings. The van der Waals surface area contributed by atoms with Gasteiger partial charge in [0.05, 0.1) is 6.04 Å². The van der Waals surface area contributed by atoms with Gasteiger partial charge in [-0.25, -0.2) is 0 Å². The van der Waals surface area contributed by atoms with Crippen molar-refractivity contribution in [1.82, 2.24) is 5.32 Å². The minimum absolute atomic E-state index is 0.0214. The monoisotopic (exact) mass is 161 g/mol. The second-order valence-electron chi connectivity index (χ2n) is 2.51. The Hall–Kier alpha value is -0.450. The normalized spacial score (nSPS) is 13.5. The molecule has 4 nitrogen and oxygen atoms in total. The van der Waals surface area contributed by atoms with Gasteiger partial charge in [-0.15, -0.1) is 0 Å². The molecule has 0 amide bonds. The van der Waals surface area contributed by atoms with E-state index in [1.54, 1.807) is 7.05 Å². The molecule has 0 heterocycles. The highest BCUT2D eigenvalue weighted by atomic mass is 16.5. The van der Waals surface area contributed by atoms with E-state index in [1.165, 1.54) is 6.92 Å². The van der Waals surface area contributed by atoms with Gasteiger partial charge in [-0.05, 0) is 26.8 Å². The quantitative estimate of drug-likeness (QED) is 0.464. The summed E-state index contributed by atoms with van der Waals surface area (Å²) in [6.45, 7) is 1.48. The van der Waals surface area contributed by atoms with Crippen LogP contribution >= 0.6 is 0 Å². The molecule has 0 saturated carbocycles. The van der Waals surface area contributed by atoms with E-state index < -0.39 is 6.29 Å². The standard InChI is InChI=1S/C7H15NO3/c1-5(9)6(8-2)3-4-7(10)11/h6-8,10-11H,3-4H2,1-2H3/t6-/m0/s1. The number of aliphatic hydroxyl groups is 2. The highest BCUT2D eigenvalue weighted by molar-refractivity contribution is 5.81. The number of rotatable bonds is 5. The molecule has 1 atom stereocenters. The van der Waals surface area contributed by atoms with Gasteiger partial charge in [-0.2, -0.15) is 0 Å². The summed E-state index contributed by atoms with van der Waals surface area (Å²) >= 11 is 0. The van der Waals surface area contributed by atoms with Crippen LogP contribution in [0, 0.1) is 0 Å². The first-order chi connectivity index (χ1) is 5.07. The zero-order chi connectivity index (χ0) is 8.85. The fourth-order valence-electron chi connectivity index (χ4n) is 0.867. The summed E-state index contributed by atoms with van der Waals surface area (Å²) in [5.41, 5.74) is 0. The zero-order valence-electron chi connectivity index (χ0n) is 6.87. The smallest absolute Gasteiger partial charge is 0.151 e. The van der Waals surface area contributed by atoms with Gasteiger partial charge < -0.3 is 15.5 Å².